The van der Waals surface area contributed by atoms with Crippen molar-refractivity contribution in [1.29, 1.82) is 0 Å². The highest BCUT2D eigenvalue weighted by Gasteiger charge is 2.48. The van der Waals surface area contributed by atoms with Crippen molar-refractivity contribution in [2.24, 2.45) is 5.92 Å². The number of anilines is 1. The molecule has 1 aromatic heterocycles. The number of hydrogen-bond acceptors (Lipinski definition) is 8. The van der Waals surface area contributed by atoms with Crippen molar-refractivity contribution in [3.8, 4) is 11.5 Å². The number of nitrogens with zero attached hydrogens (tertiary/aromatic N) is 3. The maximum atomic E-state index is 13.5. The number of Topliss-reactive ketones (excluding diaryl/α,β-unsaturated/α-hetero) is 1. The average Bonchev–Trinajstić information content (AvgIpc) is 3.47. The first kappa shape index (κ1) is 27.3. The topological polar surface area (TPSA) is 102 Å². The summed E-state index contributed by atoms with van der Waals surface area (Å²) in [6.07, 6.45) is 0.859. The first-order valence-electron chi connectivity index (χ1n) is 12.3. The molecule has 1 fully saturated rings. The van der Waals surface area contributed by atoms with Gasteiger partial charge in [-0.3, -0.25) is 14.5 Å². The number of aliphatic hydroxyl groups is 1. The molecule has 1 N–H and O–H groups in total. The van der Waals surface area contributed by atoms with Crippen LogP contribution in [0.5, 0.6) is 11.5 Å². The summed E-state index contributed by atoms with van der Waals surface area (Å²) in [5.74, 6) is -1.17. The fraction of sp³-hybridized carbons (Fsp3) is 0.357. The first-order valence-corrected chi connectivity index (χ1v) is 13.1. The van der Waals surface area contributed by atoms with Crippen molar-refractivity contribution in [1.82, 2.24) is 10.2 Å². The van der Waals surface area contributed by atoms with E-state index in [4.69, 9.17) is 9.47 Å². The third-order valence-electron chi connectivity index (χ3n) is 6.15. The Morgan fingerprint density at radius 2 is 1.79 bits per heavy atom. The Morgan fingerprint density at radius 1 is 1.08 bits per heavy atom. The van der Waals surface area contributed by atoms with E-state index in [9.17, 15) is 19.1 Å². The number of carbonyl (C=O) groups excluding carboxylic acids is 2. The Labute approximate surface area is 224 Å². The van der Waals surface area contributed by atoms with Crippen LogP contribution >= 0.6 is 11.3 Å². The van der Waals surface area contributed by atoms with E-state index >= 15 is 0 Å². The van der Waals surface area contributed by atoms with Crippen molar-refractivity contribution in [2.75, 3.05) is 18.6 Å². The molecule has 1 atom stereocenters. The molecule has 200 valence electrons. The normalized spacial score (nSPS) is 17.1. The number of halogens is 1. The lowest BCUT2D eigenvalue weighted by Gasteiger charge is -2.23. The van der Waals surface area contributed by atoms with Crippen LogP contribution in [0.15, 0.2) is 48.0 Å². The Bertz CT molecular complexity index is 1370. The number of aromatic nitrogens is 2. The predicted octanol–water partition coefficient (Wildman–Crippen LogP) is 5.86. The van der Waals surface area contributed by atoms with E-state index in [1.165, 1.54) is 47.6 Å². The van der Waals surface area contributed by atoms with Crippen molar-refractivity contribution >= 4 is 33.9 Å². The molecule has 38 heavy (non-hydrogen) atoms. The van der Waals surface area contributed by atoms with E-state index in [0.717, 1.165) is 6.42 Å². The largest absolute Gasteiger partial charge is 0.507 e. The molecule has 0 aliphatic carbocycles. The molecule has 2 aromatic carbocycles. The molecule has 10 heteroatoms. The lowest BCUT2D eigenvalue weighted by atomic mass is 9.95. The highest BCUT2D eigenvalue weighted by atomic mass is 32.1. The summed E-state index contributed by atoms with van der Waals surface area (Å²) >= 11 is 1.20. The van der Waals surface area contributed by atoms with Gasteiger partial charge in [0.25, 0.3) is 5.78 Å². The lowest BCUT2D eigenvalue weighted by molar-refractivity contribution is -0.132. The van der Waals surface area contributed by atoms with Gasteiger partial charge in [0.15, 0.2) is 11.5 Å². The lowest BCUT2D eigenvalue weighted by Crippen LogP contribution is -2.29. The minimum absolute atomic E-state index is 0.0677. The molecule has 1 amide bonds. The molecular weight excluding hydrogens is 509 g/mol. The Morgan fingerprint density at radius 3 is 2.39 bits per heavy atom. The Balaban J connectivity index is 1.85. The minimum Gasteiger partial charge on any atom is -0.507 e. The third kappa shape index (κ3) is 5.40. The molecule has 1 aliphatic heterocycles. The molecule has 1 saturated heterocycles. The molecular formula is C28H30FN3O5S. The summed E-state index contributed by atoms with van der Waals surface area (Å²) in [5, 5.41) is 20.5. The number of carbonyl (C=O) groups is 2. The number of amides is 1. The molecule has 0 saturated carbocycles. The highest BCUT2D eigenvalue weighted by Crippen LogP contribution is 2.45. The standard InChI is InChI=1S/C28H30FN3O5S/c1-15(2)12-13-37-20-11-8-18(14-21(20)36-5)23-22(24(33)17-6-9-19(29)10-7-17)25(34)27(35)32(23)28-31-30-26(38-28)16(3)4/h6-11,14-16,23,33H,12-13H2,1-5H3/t23-/m0/s1. The van der Waals surface area contributed by atoms with Crippen LogP contribution in [-0.4, -0.2) is 40.7 Å². The van der Waals surface area contributed by atoms with Gasteiger partial charge >= 0.3 is 5.91 Å². The second-order valence-electron chi connectivity index (χ2n) is 9.69. The molecule has 1 aliphatic rings. The summed E-state index contributed by atoms with van der Waals surface area (Å²) in [7, 11) is 1.50. The smallest absolute Gasteiger partial charge is 0.301 e. The SMILES string of the molecule is COc1cc([C@H]2C(=C(O)c3ccc(F)cc3)C(=O)C(=O)N2c2nnc(C(C)C)s2)ccc1OCCC(C)C. The van der Waals surface area contributed by atoms with Crippen molar-refractivity contribution in [3.63, 3.8) is 0 Å². The van der Waals surface area contributed by atoms with Crippen LogP contribution < -0.4 is 14.4 Å². The zero-order valence-electron chi connectivity index (χ0n) is 21.9. The Hall–Kier alpha value is -3.79. The minimum atomic E-state index is -1.02. The fourth-order valence-corrected chi connectivity index (χ4v) is 4.92. The van der Waals surface area contributed by atoms with Crippen LogP contribution in [0.3, 0.4) is 0 Å². The van der Waals surface area contributed by atoms with Crippen LogP contribution in [0.1, 0.15) is 62.2 Å². The van der Waals surface area contributed by atoms with E-state index in [2.05, 4.69) is 24.0 Å². The van der Waals surface area contributed by atoms with Gasteiger partial charge in [-0.25, -0.2) is 4.39 Å². The summed E-state index contributed by atoms with van der Waals surface area (Å²) in [6.45, 7) is 8.61. The van der Waals surface area contributed by atoms with Gasteiger partial charge in [-0.2, -0.15) is 0 Å². The van der Waals surface area contributed by atoms with Crippen LogP contribution in [0.25, 0.3) is 5.76 Å². The second-order valence-corrected chi connectivity index (χ2v) is 10.7. The molecule has 0 spiro atoms. The van der Waals surface area contributed by atoms with Crippen molar-refractivity contribution in [2.45, 2.75) is 46.1 Å². The second kappa shape index (κ2) is 11.3. The number of ketones is 1. The summed E-state index contributed by atoms with van der Waals surface area (Å²) < 4.78 is 25.0. The molecule has 0 radical (unpaired) electrons. The average molecular weight is 540 g/mol. The number of methoxy groups -OCH3 is 1. The maximum Gasteiger partial charge on any atom is 0.301 e. The van der Waals surface area contributed by atoms with E-state index in [0.29, 0.717) is 34.6 Å². The summed E-state index contributed by atoms with van der Waals surface area (Å²) in [4.78, 5) is 27.9. The number of benzene rings is 2. The molecule has 4 rings (SSSR count). The molecule has 8 nitrogen and oxygen atoms in total. The molecule has 0 bridgehead atoms. The fourth-order valence-electron chi connectivity index (χ4n) is 4.04. The Kier molecular flexibility index (Phi) is 8.11. The predicted molar refractivity (Wildman–Crippen MR) is 143 cm³/mol. The van der Waals surface area contributed by atoms with Gasteiger partial charge in [0.05, 0.1) is 25.3 Å². The number of ether oxygens (including phenoxy) is 2. The molecule has 2 heterocycles. The van der Waals surface area contributed by atoms with Crippen LogP contribution in [-0.2, 0) is 9.59 Å². The van der Waals surface area contributed by atoms with Gasteiger partial charge < -0.3 is 14.6 Å². The third-order valence-corrected chi connectivity index (χ3v) is 7.37. The van der Waals surface area contributed by atoms with Gasteiger partial charge in [-0.15, -0.1) is 10.2 Å². The summed E-state index contributed by atoms with van der Waals surface area (Å²) in [5.41, 5.74) is 0.566. The highest BCUT2D eigenvalue weighted by molar-refractivity contribution is 7.15. The van der Waals surface area contributed by atoms with E-state index in [1.807, 2.05) is 13.8 Å². The van der Waals surface area contributed by atoms with Gasteiger partial charge in [0.2, 0.25) is 5.13 Å². The number of aliphatic hydroxyl groups excluding tert-OH is 1. The van der Waals surface area contributed by atoms with Crippen molar-refractivity contribution in [3.05, 3.63) is 70.0 Å². The van der Waals surface area contributed by atoms with Gasteiger partial charge in [-0.05, 0) is 54.3 Å². The van der Waals surface area contributed by atoms with Gasteiger partial charge in [0, 0.05) is 11.5 Å². The number of hydrogen-bond donors (Lipinski definition) is 1. The monoisotopic (exact) mass is 539 g/mol. The molecule has 3 aromatic rings. The maximum absolute atomic E-state index is 13.5. The van der Waals surface area contributed by atoms with Crippen LogP contribution in [0.4, 0.5) is 9.52 Å². The van der Waals surface area contributed by atoms with Crippen LogP contribution in [0, 0.1) is 11.7 Å². The molecule has 0 unspecified atom stereocenters. The van der Waals surface area contributed by atoms with E-state index in [1.54, 1.807) is 18.2 Å². The first-order chi connectivity index (χ1) is 18.1. The zero-order chi connectivity index (χ0) is 27.6. The van der Waals surface area contributed by atoms with E-state index < -0.39 is 29.3 Å². The van der Waals surface area contributed by atoms with Crippen molar-refractivity contribution < 1.29 is 28.6 Å². The zero-order valence-corrected chi connectivity index (χ0v) is 22.7. The van der Waals surface area contributed by atoms with Crippen LogP contribution in [0.2, 0.25) is 0 Å². The number of rotatable bonds is 9. The quantitative estimate of drug-likeness (QED) is 0.206. The van der Waals surface area contributed by atoms with Gasteiger partial charge in [-0.1, -0.05) is 45.1 Å². The van der Waals surface area contributed by atoms with E-state index in [-0.39, 0.29) is 22.2 Å². The summed E-state index contributed by atoms with van der Waals surface area (Å²) in [6, 6.07) is 9.14. The van der Waals surface area contributed by atoms with Gasteiger partial charge in [0.1, 0.15) is 16.6 Å².